The Morgan fingerprint density at radius 1 is 1.26 bits per heavy atom. The van der Waals surface area contributed by atoms with Gasteiger partial charge in [-0.2, -0.15) is 0 Å². The molecule has 1 aliphatic heterocycles. The van der Waals surface area contributed by atoms with E-state index in [4.69, 9.17) is 9.72 Å². The van der Waals surface area contributed by atoms with E-state index in [0.29, 0.717) is 0 Å². The molecule has 1 unspecified atom stereocenters. The number of ether oxygens (including phenoxy) is 1. The molecule has 0 radical (unpaired) electrons. The average molecular weight is 263 g/mol. The van der Waals surface area contributed by atoms with Crippen molar-refractivity contribution < 1.29 is 4.74 Å². The molecule has 1 fully saturated rings. The van der Waals surface area contributed by atoms with Crippen LogP contribution in [0.2, 0.25) is 0 Å². The maximum atomic E-state index is 5.97. The molecule has 0 amide bonds. The molecule has 0 saturated carbocycles. The van der Waals surface area contributed by atoms with Crippen molar-refractivity contribution in [1.29, 1.82) is 0 Å². The highest BCUT2D eigenvalue weighted by molar-refractivity contribution is 5.38. The van der Waals surface area contributed by atoms with Gasteiger partial charge in [-0.25, -0.2) is 9.97 Å². The number of rotatable bonds is 2. The Bertz CT molecular complexity index is 445. The van der Waals surface area contributed by atoms with Crippen LogP contribution in [0.3, 0.4) is 0 Å². The molecule has 2 rings (SSSR count). The first-order valence-electron chi connectivity index (χ1n) is 7.07. The lowest BCUT2D eigenvalue weighted by Crippen LogP contribution is -2.33. The van der Waals surface area contributed by atoms with E-state index in [2.05, 4.69) is 38.0 Å². The molecular formula is C15H25N3O. The summed E-state index contributed by atoms with van der Waals surface area (Å²) in [4.78, 5) is 9.39. The van der Waals surface area contributed by atoms with Gasteiger partial charge in [0.15, 0.2) is 5.82 Å². The lowest BCUT2D eigenvalue weighted by molar-refractivity contribution is -0.0761. The van der Waals surface area contributed by atoms with Gasteiger partial charge in [-0.05, 0) is 26.2 Å². The molecule has 2 heterocycles. The lowest BCUT2D eigenvalue weighted by Gasteiger charge is -2.33. The fourth-order valence-electron chi connectivity index (χ4n) is 2.31. The number of hydrogen-bond acceptors (Lipinski definition) is 4. The molecule has 0 aromatic carbocycles. The third-order valence-electron chi connectivity index (χ3n) is 3.69. The average Bonchev–Trinajstić information content (AvgIpc) is 2.38. The fourth-order valence-corrected chi connectivity index (χ4v) is 2.31. The number of nitrogens with one attached hydrogen (secondary N) is 1. The van der Waals surface area contributed by atoms with E-state index in [1.165, 1.54) is 6.42 Å². The SMILES string of the molecule is CNc1cc(C(C)(C)C)nc(C2(C)CCCCO2)n1. The molecule has 1 aliphatic rings. The lowest BCUT2D eigenvalue weighted by atomic mass is 9.90. The van der Waals surface area contributed by atoms with Gasteiger partial charge in [-0.15, -0.1) is 0 Å². The van der Waals surface area contributed by atoms with Gasteiger partial charge in [-0.3, -0.25) is 0 Å². The van der Waals surface area contributed by atoms with Gasteiger partial charge in [0, 0.05) is 25.1 Å². The van der Waals surface area contributed by atoms with Gasteiger partial charge >= 0.3 is 0 Å². The third kappa shape index (κ3) is 3.06. The summed E-state index contributed by atoms with van der Waals surface area (Å²) in [6.45, 7) is 9.41. The van der Waals surface area contributed by atoms with Crippen molar-refractivity contribution in [2.24, 2.45) is 0 Å². The smallest absolute Gasteiger partial charge is 0.162 e. The Labute approximate surface area is 116 Å². The molecule has 1 aromatic heterocycles. The van der Waals surface area contributed by atoms with Crippen LogP contribution < -0.4 is 5.32 Å². The molecule has 1 N–H and O–H groups in total. The van der Waals surface area contributed by atoms with Gasteiger partial charge < -0.3 is 10.1 Å². The molecule has 4 nitrogen and oxygen atoms in total. The molecule has 0 spiro atoms. The first-order chi connectivity index (χ1) is 8.85. The van der Waals surface area contributed by atoms with Gasteiger partial charge in [0.25, 0.3) is 0 Å². The van der Waals surface area contributed by atoms with Crippen LogP contribution in [0.4, 0.5) is 5.82 Å². The second-order valence-corrected chi connectivity index (χ2v) is 6.50. The molecule has 1 aromatic rings. The van der Waals surface area contributed by atoms with E-state index in [1.54, 1.807) is 0 Å². The summed E-state index contributed by atoms with van der Waals surface area (Å²) >= 11 is 0. The zero-order valence-corrected chi connectivity index (χ0v) is 12.7. The second-order valence-electron chi connectivity index (χ2n) is 6.50. The van der Waals surface area contributed by atoms with Crippen LogP contribution in [0.1, 0.15) is 58.5 Å². The highest BCUT2D eigenvalue weighted by Crippen LogP contribution is 2.34. The van der Waals surface area contributed by atoms with E-state index >= 15 is 0 Å². The highest BCUT2D eigenvalue weighted by Gasteiger charge is 2.34. The van der Waals surface area contributed by atoms with E-state index in [9.17, 15) is 0 Å². The van der Waals surface area contributed by atoms with Crippen LogP contribution in [0.25, 0.3) is 0 Å². The van der Waals surface area contributed by atoms with Crippen LogP contribution in [-0.4, -0.2) is 23.6 Å². The molecule has 1 saturated heterocycles. The van der Waals surface area contributed by atoms with E-state index in [0.717, 1.165) is 36.8 Å². The number of anilines is 1. The minimum absolute atomic E-state index is 0.00825. The predicted molar refractivity (Wildman–Crippen MR) is 77.4 cm³/mol. The van der Waals surface area contributed by atoms with Crippen LogP contribution in [0.15, 0.2) is 6.07 Å². The minimum atomic E-state index is -0.342. The Balaban J connectivity index is 2.44. The minimum Gasteiger partial charge on any atom is -0.373 e. The number of aromatic nitrogens is 2. The van der Waals surface area contributed by atoms with E-state index in [1.807, 2.05) is 13.1 Å². The molecule has 19 heavy (non-hydrogen) atoms. The summed E-state index contributed by atoms with van der Waals surface area (Å²) in [5, 5.41) is 3.13. The summed E-state index contributed by atoms with van der Waals surface area (Å²) in [5.41, 5.74) is 0.719. The first-order valence-corrected chi connectivity index (χ1v) is 7.07. The maximum Gasteiger partial charge on any atom is 0.162 e. The summed E-state index contributed by atoms with van der Waals surface area (Å²) in [7, 11) is 1.89. The van der Waals surface area contributed by atoms with Crippen molar-refractivity contribution in [2.75, 3.05) is 19.0 Å². The Hall–Kier alpha value is -1.16. The van der Waals surface area contributed by atoms with Crippen molar-refractivity contribution in [1.82, 2.24) is 9.97 Å². The quantitative estimate of drug-likeness (QED) is 0.890. The van der Waals surface area contributed by atoms with Crippen molar-refractivity contribution >= 4 is 5.82 Å². The van der Waals surface area contributed by atoms with Gasteiger partial charge in [-0.1, -0.05) is 20.8 Å². The standard InChI is InChI=1S/C15H25N3O/c1-14(2,3)11-10-12(16-5)18-13(17-11)15(4)8-6-7-9-19-15/h10H,6-9H2,1-5H3,(H,16,17,18). The van der Waals surface area contributed by atoms with Crippen LogP contribution in [-0.2, 0) is 15.8 Å². The van der Waals surface area contributed by atoms with Crippen LogP contribution in [0, 0.1) is 0 Å². The molecular weight excluding hydrogens is 238 g/mol. The molecule has 1 atom stereocenters. The monoisotopic (exact) mass is 263 g/mol. The van der Waals surface area contributed by atoms with Gasteiger partial charge in [0.1, 0.15) is 11.4 Å². The Morgan fingerprint density at radius 2 is 2.00 bits per heavy atom. The van der Waals surface area contributed by atoms with E-state index in [-0.39, 0.29) is 11.0 Å². The van der Waals surface area contributed by atoms with Crippen molar-refractivity contribution in [3.05, 3.63) is 17.6 Å². The zero-order valence-electron chi connectivity index (χ0n) is 12.7. The van der Waals surface area contributed by atoms with Crippen molar-refractivity contribution in [3.63, 3.8) is 0 Å². The molecule has 4 heteroatoms. The fraction of sp³-hybridized carbons (Fsp3) is 0.733. The highest BCUT2D eigenvalue weighted by atomic mass is 16.5. The Morgan fingerprint density at radius 3 is 2.53 bits per heavy atom. The normalized spacial score (nSPS) is 24.3. The Kier molecular flexibility index (Phi) is 3.81. The van der Waals surface area contributed by atoms with Crippen molar-refractivity contribution in [2.45, 2.75) is 58.0 Å². The predicted octanol–water partition coefficient (Wildman–Crippen LogP) is 3.23. The third-order valence-corrected chi connectivity index (χ3v) is 3.69. The zero-order chi connectivity index (χ0) is 14.1. The largest absolute Gasteiger partial charge is 0.373 e. The van der Waals surface area contributed by atoms with Gasteiger partial charge in [0.05, 0.1) is 5.69 Å². The van der Waals surface area contributed by atoms with E-state index < -0.39 is 0 Å². The molecule has 0 bridgehead atoms. The maximum absolute atomic E-state index is 5.97. The summed E-state index contributed by atoms with van der Waals surface area (Å²) in [5.74, 6) is 1.68. The summed E-state index contributed by atoms with van der Waals surface area (Å²) in [6.07, 6.45) is 3.30. The van der Waals surface area contributed by atoms with Gasteiger partial charge in [0.2, 0.25) is 0 Å². The molecule has 0 aliphatic carbocycles. The number of nitrogens with zero attached hydrogens (tertiary/aromatic N) is 2. The van der Waals surface area contributed by atoms with Crippen LogP contribution >= 0.6 is 0 Å². The van der Waals surface area contributed by atoms with Crippen LogP contribution in [0.5, 0.6) is 0 Å². The second kappa shape index (κ2) is 5.08. The summed E-state index contributed by atoms with van der Waals surface area (Å²) < 4.78 is 5.97. The first kappa shape index (κ1) is 14.3. The number of hydrogen-bond donors (Lipinski definition) is 1. The van der Waals surface area contributed by atoms with Crippen molar-refractivity contribution in [3.8, 4) is 0 Å². The molecule has 106 valence electrons. The topological polar surface area (TPSA) is 47.0 Å². The summed E-state index contributed by atoms with van der Waals surface area (Å²) in [6, 6.07) is 2.02.